The van der Waals surface area contributed by atoms with E-state index in [-0.39, 0.29) is 17.9 Å². The summed E-state index contributed by atoms with van der Waals surface area (Å²) in [6, 6.07) is -0.428. The van der Waals surface area contributed by atoms with Crippen molar-refractivity contribution >= 4 is 25.8 Å². The molecule has 0 heterocycles. The molecule has 0 aromatic carbocycles. The summed E-state index contributed by atoms with van der Waals surface area (Å²) >= 11 is 0. The van der Waals surface area contributed by atoms with Gasteiger partial charge in [0.1, 0.15) is 0 Å². The molecular weight excluding hydrogens is 388 g/mol. The first-order valence-corrected chi connectivity index (χ1v) is 11.7. The monoisotopic (exact) mass is 420 g/mol. The molecule has 0 aliphatic heterocycles. The summed E-state index contributed by atoms with van der Waals surface area (Å²) in [7, 11) is -7.24. The lowest BCUT2D eigenvalue weighted by Gasteiger charge is -2.20. The Hall–Kier alpha value is -1.45. The molecular formula is C18H32N2O5S2. The van der Waals surface area contributed by atoms with Crippen molar-refractivity contribution in [1.29, 1.82) is 0 Å². The first-order chi connectivity index (χ1) is 12.0. The Balaban J connectivity index is 4.71. The molecule has 0 spiro atoms. The summed E-state index contributed by atoms with van der Waals surface area (Å²) in [6.07, 6.45) is 4.64. The predicted molar refractivity (Wildman–Crippen MR) is 110 cm³/mol. The molecule has 0 saturated carbocycles. The highest BCUT2D eigenvalue weighted by atomic mass is 32.2. The van der Waals surface area contributed by atoms with E-state index in [2.05, 4.69) is 16.6 Å². The molecule has 1 atom stereocenters. The minimum absolute atomic E-state index is 0.0313. The summed E-state index contributed by atoms with van der Waals surface area (Å²) in [4.78, 5) is 11.7. The zero-order chi connectivity index (χ0) is 21.5. The number of carbonyl (C=O) groups excluding carboxylic acids is 1. The fourth-order valence-corrected chi connectivity index (χ4v) is 3.82. The fourth-order valence-electron chi connectivity index (χ4n) is 1.96. The number of hydrogen-bond donors (Lipinski definition) is 2. The molecule has 0 saturated heterocycles. The van der Waals surface area contributed by atoms with Gasteiger partial charge in [0.2, 0.25) is 15.9 Å². The Morgan fingerprint density at radius 3 is 2.11 bits per heavy atom. The van der Waals surface area contributed by atoms with Crippen molar-refractivity contribution in [2.75, 3.05) is 0 Å². The van der Waals surface area contributed by atoms with Crippen molar-refractivity contribution in [2.45, 2.75) is 70.7 Å². The van der Waals surface area contributed by atoms with Crippen LogP contribution in [0, 0.1) is 0 Å². The van der Waals surface area contributed by atoms with Gasteiger partial charge in [-0.1, -0.05) is 18.7 Å². The van der Waals surface area contributed by atoms with Crippen molar-refractivity contribution in [2.24, 2.45) is 0 Å². The molecule has 156 valence electrons. The Kier molecular flexibility index (Phi) is 9.14. The lowest BCUT2D eigenvalue weighted by atomic mass is 10.1. The average molecular weight is 421 g/mol. The minimum Gasteiger partial charge on any atom is -0.348 e. The maximum Gasteiger partial charge on any atom is 0.244 e. The second-order valence-electron chi connectivity index (χ2n) is 7.99. The molecule has 1 amide bonds. The Morgan fingerprint density at radius 1 is 1.07 bits per heavy atom. The topological polar surface area (TPSA) is 109 Å². The van der Waals surface area contributed by atoms with Gasteiger partial charge in [0.25, 0.3) is 0 Å². The number of hydrogen-bond acceptors (Lipinski definition) is 5. The van der Waals surface area contributed by atoms with Gasteiger partial charge in [0, 0.05) is 22.4 Å². The van der Waals surface area contributed by atoms with Crippen LogP contribution in [0.3, 0.4) is 0 Å². The van der Waals surface area contributed by atoms with Crippen LogP contribution >= 0.6 is 0 Å². The summed E-state index contributed by atoms with van der Waals surface area (Å²) in [5, 5.41) is 4.60. The minimum atomic E-state index is -3.72. The zero-order valence-corrected chi connectivity index (χ0v) is 18.6. The third kappa shape index (κ3) is 10.5. The van der Waals surface area contributed by atoms with Gasteiger partial charge in [-0.15, -0.1) is 0 Å². The summed E-state index contributed by atoms with van der Waals surface area (Å²) < 4.78 is 49.1. The summed E-state index contributed by atoms with van der Waals surface area (Å²) in [6.45, 7) is 13.6. The van der Waals surface area contributed by atoms with E-state index < -0.39 is 30.6 Å². The van der Waals surface area contributed by atoms with E-state index in [0.717, 1.165) is 10.8 Å². The average Bonchev–Trinajstić information content (AvgIpc) is 2.43. The molecule has 0 aliphatic rings. The molecule has 9 heteroatoms. The highest BCUT2D eigenvalue weighted by molar-refractivity contribution is 7.95. The zero-order valence-electron chi connectivity index (χ0n) is 16.9. The maximum absolute atomic E-state index is 12.1. The summed E-state index contributed by atoms with van der Waals surface area (Å²) in [5.41, 5.74) is -0.341. The van der Waals surface area contributed by atoms with Crippen LogP contribution in [0.4, 0.5) is 0 Å². The quantitative estimate of drug-likeness (QED) is 0.527. The molecule has 0 bridgehead atoms. The Bertz CT molecular complexity index is 786. The van der Waals surface area contributed by atoms with Crippen LogP contribution in [-0.4, -0.2) is 39.1 Å². The number of carbonyl (C=O) groups is 1. The molecule has 0 radical (unpaired) electrons. The molecule has 0 aromatic heterocycles. The molecule has 0 fully saturated rings. The predicted octanol–water partition coefficient (Wildman–Crippen LogP) is 2.40. The number of nitrogens with one attached hydrogen (secondary N) is 2. The molecule has 27 heavy (non-hydrogen) atoms. The molecule has 0 aromatic rings. The first-order valence-electron chi connectivity index (χ1n) is 8.56. The molecule has 2 N–H and O–H groups in total. The Labute approximate surface area is 164 Å². The van der Waals surface area contributed by atoms with E-state index >= 15 is 0 Å². The van der Waals surface area contributed by atoms with E-state index in [1.807, 2.05) is 20.8 Å². The van der Waals surface area contributed by atoms with Crippen molar-refractivity contribution in [3.63, 3.8) is 0 Å². The number of sulfone groups is 1. The standard InChI is InChI=1S/C18H32N2O5S2/c1-8-26(22,23)18(6,7)13-10-14-27(24,25)20-15(2)11-9-12-16(21)19-17(3,4)5/h8-10,12,14-15,20H,1,11,13H2,2-7H3,(H,19,21)/b12-9-,14-10+. The Morgan fingerprint density at radius 2 is 1.63 bits per heavy atom. The maximum atomic E-state index is 12.1. The normalized spacial score (nSPS) is 15.2. The summed E-state index contributed by atoms with van der Waals surface area (Å²) in [5.74, 6) is -0.247. The van der Waals surface area contributed by atoms with E-state index in [1.165, 1.54) is 26.0 Å². The van der Waals surface area contributed by atoms with Gasteiger partial charge in [-0.2, -0.15) is 0 Å². The van der Waals surface area contributed by atoms with E-state index in [0.29, 0.717) is 6.42 Å². The van der Waals surface area contributed by atoms with Crippen molar-refractivity contribution in [3.8, 4) is 0 Å². The number of allylic oxidation sites excluding steroid dienone is 1. The second-order valence-corrected chi connectivity index (χ2v) is 12.1. The largest absolute Gasteiger partial charge is 0.348 e. The van der Waals surface area contributed by atoms with Gasteiger partial charge < -0.3 is 5.32 Å². The molecule has 0 aliphatic carbocycles. The molecule has 7 nitrogen and oxygen atoms in total. The van der Waals surface area contributed by atoms with Gasteiger partial charge >= 0.3 is 0 Å². The van der Waals surface area contributed by atoms with Crippen molar-refractivity contribution in [3.05, 3.63) is 35.6 Å². The number of rotatable bonds is 10. The number of amides is 1. The van der Waals surface area contributed by atoms with Crippen LogP contribution < -0.4 is 10.0 Å². The third-order valence-electron chi connectivity index (χ3n) is 3.50. The first kappa shape index (κ1) is 25.6. The van der Waals surface area contributed by atoms with Gasteiger partial charge in [-0.05, 0) is 60.5 Å². The fraction of sp³-hybridized carbons (Fsp3) is 0.611. The highest BCUT2D eigenvalue weighted by Gasteiger charge is 2.30. The lowest BCUT2D eigenvalue weighted by molar-refractivity contribution is -0.117. The van der Waals surface area contributed by atoms with Crippen LogP contribution in [0.25, 0.3) is 0 Å². The van der Waals surface area contributed by atoms with Gasteiger partial charge in [0.15, 0.2) is 9.84 Å². The van der Waals surface area contributed by atoms with Crippen LogP contribution in [0.1, 0.15) is 54.4 Å². The van der Waals surface area contributed by atoms with Crippen LogP contribution in [0.5, 0.6) is 0 Å². The SMILES string of the molecule is C=CS(=O)(=O)C(C)(C)C/C=C/S(=O)(=O)NC(C)C/C=C\C(=O)NC(C)(C)C. The van der Waals surface area contributed by atoms with Crippen molar-refractivity contribution < 1.29 is 21.6 Å². The molecule has 1 unspecified atom stereocenters. The van der Waals surface area contributed by atoms with Crippen LogP contribution in [0.15, 0.2) is 35.6 Å². The van der Waals surface area contributed by atoms with Crippen LogP contribution in [0.2, 0.25) is 0 Å². The van der Waals surface area contributed by atoms with E-state index in [1.54, 1.807) is 13.0 Å². The van der Waals surface area contributed by atoms with Crippen molar-refractivity contribution in [1.82, 2.24) is 10.0 Å². The molecule has 0 rings (SSSR count). The van der Waals surface area contributed by atoms with Gasteiger partial charge in [-0.25, -0.2) is 21.6 Å². The van der Waals surface area contributed by atoms with E-state index in [4.69, 9.17) is 0 Å². The smallest absolute Gasteiger partial charge is 0.244 e. The van der Waals surface area contributed by atoms with E-state index in [9.17, 15) is 21.6 Å². The second kappa shape index (κ2) is 9.66. The van der Waals surface area contributed by atoms with Gasteiger partial charge in [0.05, 0.1) is 4.75 Å². The third-order valence-corrected chi connectivity index (χ3v) is 6.92. The lowest BCUT2D eigenvalue weighted by Crippen LogP contribution is -2.39. The van der Waals surface area contributed by atoms with Crippen LogP contribution in [-0.2, 0) is 24.7 Å². The highest BCUT2D eigenvalue weighted by Crippen LogP contribution is 2.22. The van der Waals surface area contributed by atoms with Gasteiger partial charge in [-0.3, -0.25) is 4.79 Å². The number of sulfonamides is 1.